The lowest BCUT2D eigenvalue weighted by Crippen LogP contribution is -2.19. The number of rotatable bonds is 5. The predicted octanol–water partition coefficient (Wildman–Crippen LogP) is 5.60. The lowest BCUT2D eigenvalue weighted by Gasteiger charge is -2.32. The first-order chi connectivity index (χ1) is 11.0. The molecule has 0 saturated carbocycles. The van der Waals surface area contributed by atoms with Gasteiger partial charge in [0.1, 0.15) is 0 Å². The molecular formula is C20H28O2. The molecule has 1 aliphatic rings. The third kappa shape index (κ3) is 5.88. The van der Waals surface area contributed by atoms with Gasteiger partial charge in [-0.15, -0.1) is 0 Å². The molecule has 1 aliphatic carbocycles. The maximum Gasteiger partial charge on any atom is 0.328 e. The monoisotopic (exact) mass is 304 g/mol. The third-order valence-electron chi connectivity index (χ3n) is 3.96. The first kappa shape index (κ1) is 15.1. The molecule has 2 nitrogen and oxygen atoms in total. The Morgan fingerprint density at radius 2 is 2.00 bits per heavy atom. The van der Waals surface area contributed by atoms with Gasteiger partial charge in [0.2, 0.25) is 0 Å². The number of carbonyl (C=O) groups is 1. The minimum absolute atomic E-state index is 0.0146. The van der Waals surface area contributed by atoms with Crippen molar-refractivity contribution < 1.29 is 12.6 Å². The van der Waals surface area contributed by atoms with Crippen molar-refractivity contribution in [3.05, 3.63) is 58.7 Å². The molecule has 1 rings (SSSR count). The van der Waals surface area contributed by atoms with Crippen molar-refractivity contribution in [3.8, 4) is 0 Å². The minimum Gasteiger partial charge on any atom is -0.478 e. The standard InChI is InChI=1S/C20H28O2/c1-15(8-6-9-16(2)14-19(21)22)11-12-18-17(3)10-7-13-20(18,4)5/h6,8-9,11-12,14H,7,10,13H2,1-5H3,(H,21,22)/b9-6+,12-11+,15-8-,16-14-/i6T,9T. The Bertz CT molecular complexity index is 659. The average Bonchev–Trinajstić information content (AvgIpc) is 2.44. The second-order valence-corrected chi connectivity index (χ2v) is 6.59. The van der Waals surface area contributed by atoms with Crippen LogP contribution in [0.25, 0.3) is 0 Å². The Hall–Kier alpha value is -1.83. The minimum atomic E-state index is -1.10. The second-order valence-electron chi connectivity index (χ2n) is 6.59. The molecule has 0 unspecified atom stereocenters. The molecule has 0 spiro atoms. The zero-order valence-corrected chi connectivity index (χ0v) is 14.3. The van der Waals surface area contributed by atoms with Gasteiger partial charge in [-0.05, 0) is 56.6 Å². The second kappa shape index (κ2) is 7.98. The molecular weight excluding hydrogens is 272 g/mol. The fraction of sp³-hybridized carbons (Fsp3) is 0.450. The molecule has 0 radical (unpaired) electrons. The largest absolute Gasteiger partial charge is 0.478 e. The van der Waals surface area contributed by atoms with Crippen molar-refractivity contribution in [3.63, 3.8) is 0 Å². The van der Waals surface area contributed by atoms with Gasteiger partial charge in [0.25, 0.3) is 0 Å². The van der Waals surface area contributed by atoms with E-state index >= 15 is 0 Å². The Labute approximate surface area is 137 Å². The van der Waals surface area contributed by atoms with E-state index in [0.717, 1.165) is 18.1 Å². The number of aliphatic carboxylic acids is 1. The third-order valence-corrected chi connectivity index (χ3v) is 3.96. The van der Waals surface area contributed by atoms with E-state index in [9.17, 15) is 4.79 Å². The maximum absolute atomic E-state index is 10.7. The van der Waals surface area contributed by atoms with Crippen molar-refractivity contribution in [1.29, 1.82) is 0 Å². The van der Waals surface area contributed by atoms with Gasteiger partial charge >= 0.3 is 5.97 Å². The van der Waals surface area contributed by atoms with Crippen molar-refractivity contribution in [1.82, 2.24) is 0 Å². The zero-order chi connectivity index (χ0) is 18.5. The highest BCUT2D eigenvalue weighted by atomic mass is 16.4. The van der Waals surface area contributed by atoms with Crippen LogP contribution in [0.1, 0.15) is 56.6 Å². The van der Waals surface area contributed by atoms with E-state index in [4.69, 9.17) is 7.85 Å². The van der Waals surface area contributed by atoms with E-state index in [1.807, 2.05) is 13.0 Å². The Kier molecular flexibility index (Phi) is 5.47. The molecule has 0 aliphatic heterocycles. The van der Waals surface area contributed by atoms with E-state index in [1.54, 1.807) is 6.08 Å². The molecule has 2 heteroatoms. The van der Waals surface area contributed by atoms with E-state index in [0.29, 0.717) is 0 Å². The van der Waals surface area contributed by atoms with E-state index < -0.39 is 5.97 Å². The molecule has 0 saturated heterocycles. The molecule has 0 bridgehead atoms. The van der Waals surface area contributed by atoms with Crippen molar-refractivity contribution in [2.24, 2.45) is 5.41 Å². The van der Waals surface area contributed by atoms with Gasteiger partial charge in [0, 0.05) is 6.08 Å². The summed E-state index contributed by atoms with van der Waals surface area (Å²) in [5.41, 5.74) is 4.07. The van der Waals surface area contributed by atoms with Crippen LogP contribution in [0.15, 0.2) is 58.7 Å². The summed E-state index contributed by atoms with van der Waals surface area (Å²) in [5.74, 6) is -1.10. The van der Waals surface area contributed by atoms with Crippen LogP contribution in [0.2, 0.25) is 0 Å². The van der Waals surface area contributed by atoms with E-state index in [-0.39, 0.29) is 23.1 Å². The SMILES string of the molecule is [3H]C(/C=C(C)\C=C\C1=C(C)CCCC1(C)C)=C([3H])\C(C)=C/C(=O)O. The molecule has 0 aromatic heterocycles. The van der Waals surface area contributed by atoms with Crippen LogP contribution >= 0.6 is 0 Å². The van der Waals surface area contributed by atoms with E-state index in [2.05, 4.69) is 26.8 Å². The molecule has 0 aromatic carbocycles. The first-order valence-corrected chi connectivity index (χ1v) is 7.70. The summed E-state index contributed by atoms with van der Waals surface area (Å²) in [6.07, 6.45) is 10.2. The molecule has 0 amide bonds. The highest BCUT2D eigenvalue weighted by molar-refractivity contribution is 5.81. The summed E-state index contributed by atoms with van der Waals surface area (Å²) in [5, 5.41) is 8.72. The highest BCUT2D eigenvalue weighted by Crippen LogP contribution is 2.40. The summed E-state index contributed by atoms with van der Waals surface area (Å²) in [6, 6.07) is -0.0562. The van der Waals surface area contributed by atoms with Crippen LogP contribution in [0.5, 0.6) is 0 Å². The molecule has 22 heavy (non-hydrogen) atoms. The number of allylic oxidation sites excluding steroid dienone is 9. The quantitative estimate of drug-likeness (QED) is 0.530. The van der Waals surface area contributed by atoms with Crippen molar-refractivity contribution in [2.75, 3.05) is 0 Å². The topological polar surface area (TPSA) is 37.3 Å². The van der Waals surface area contributed by atoms with Crippen molar-refractivity contribution in [2.45, 2.75) is 53.9 Å². The van der Waals surface area contributed by atoms with Crippen LogP contribution in [0, 0.1) is 5.41 Å². The number of hydrogen-bond acceptors (Lipinski definition) is 1. The fourth-order valence-corrected chi connectivity index (χ4v) is 2.76. The summed E-state index contributed by atoms with van der Waals surface area (Å²) in [6.45, 7) is 10.1. The van der Waals surface area contributed by atoms with Crippen LogP contribution in [-0.2, 0) is 4.79 Å². The summed E-state index contributed by atoms with van der Waals surface area (Å²) in [4.78, 5) is 10.7. The average molecular weight is 304 g/mol. The summed E-state index contributed by atoms with van der Waals surface area (Å²) in [7, 11) is 0. The first-order valence-electron chi connectivity index (χ1n) is 8.70. The molecule has 0 atom stereocenters. The number of carboxylic acid groups (broad SMARTS) is 1. The Morgan fingerprint density at radius 3 is 2.59 bits per heavy atom. The Balaban J connectivity index is 3.04. The van der Waals surface area contributed by atoms with Gasteiger partial charge in [-0.25, -0.2) is 4.79 Å². The predicted molar refractivity (Wildman–Crippen MR) is 93.8 cm³/mol. The number of carboxylic acids is 1. The molecule has 0 aromatic rings. The molecule has 1 N–H and O–H groups in total. The lowest BCUT2D eigenvalue weighted by molar-refractivity contribution is -0.131. The Morgan fingerprint density at radius 1 is 1.32 bits per heavy atom. The van der Waals surface area contributed by atoms with Gasteiger partial charge < -0.3 is 5.11 Å². The van der Waals surface area contributed by atoms with Gasteiger partial charge in [0.05, 0.1) is 2.74 Å². The summed E-state index contributed by atoms with van der Waals surface area (Å²) < 4.78 is 15.8. The molecule has 120 valence electrons. The highest BCUT2D eigenvalue weighted by Gasteiger charge is 2.26. The fourth-order valence-electron chi connectivity index (χ4n) is 2.76. The zero-order valence-electron chi connectivity index (χ0n) is 16.3. The number of hydrogen-bond donors (Lipinski definition) is 1. The van der Waals surface area contributed by atoms with Gasteiger partial charge in [-0.3, -0.25) is 0 Å². The van der Waals surface area contributed by atoms with Gasteiger partial charge in [0.15, 0.2) is 0 Å². The lowest BCUT2D eigenvalue weighted by atomic mass is 9.72. The van der Waals surface area contributed by atoms with Gasteiger partial charge in [-0.2, -0.15) is 0 Å². The van der Waals surface area contributed by atoms with Crippen LogP contribution in [0.3, 0.4) is 0 Å². The van der Waals surface area contributed by atoms with E-state index in [1.165, 1.54) is 30.9 Å². The normalized spacial score (nSPS) is 22.4. The van der Waals surface area contributed by atoms with Crippen LogP contribution < -0.4 is 0 Å². The maximum atomic E-state index is 10.7. The van der Waals surface area contributed by atoms with Crippen LogP contribution in [0.4, 0.5) is 0 Å². The van der Waals surface area contributed by atoms with Crippen molar-refractivity contribution >= 4 is 5.97 Å². The van der Waals surface area contributed by atoms with Crippen LogP contribution in [-0.4, -0.2) is 11.1 Å². The molecule has 0 heterocycles. The smallest absolute Gasteiger partial charge is 0.328 e. The molecule has 0 fully saturated rings. The van der Waals surface area contributed by atoms with Gasteiger partial charge in [-0.1, -0.05) is 55.3 Å². The summed E-state index contributed by atoms with van der Waals surface area (Å²) >= 11 is 0.